The SMILES string of the molecule is CN1C(=O)CC[C@]2(C)[C@H]3CC[C@]4(C)C(C(=O)O)CC[C@H]4[C@@H]3CC[C@@H]12. The van der Waals surface area contributed by atoms with Gasteiger partial charge < -0.3 is 10.0 Å². The van der Waals surface area contributed by atoms with E-state index in [9.17, 15) is 14.7 Å². The van der Waals surface area contributed by atoms with Gasteiger partial charge in [-0.25, -0.2) is 0 Å². The molecule has 24 heavy (non-hydrogen) atoms. The second kappa shape index (κ2) is 5.22. The molecule has 1 N–H and O–H groups in total. The Balaban J connectivity index is 1.64. The summed E-state index contributed by atoms with van der Waals surface area (Å²) < 4.78 is 0. The predicted octanol–water partition coefficient (Wildman–Crippen LogP) is 3.55. The lowest BCUT2D eigenvalue weighted by Gasteiger charge is -2.61. The van der Waals surface area contributed by atoms with E-state index in [1.165, 1.54) is 6.42 Å². The number of carbonyl (C=O) groups excluding carboxylic acids is 1. The molecule has 4 heteroatoms. The summed E-state index contributed by atoms with van der Waals surface area (Å²) in [6, 6.07) is 0.390. The number of aliphatic carboxylic acids is 1. The largest absolute Gasteiger partial charge is 0.481 e. The molecule has 3 saturated carbocycles. The van der Waals surface area contributed by atoms with Gasteiger partial charge in [-0.15, -0.1) is 0 Å². The van der Waals surface area contributed by atoms with Crippen molar-refractivity contribution in [3.8, 4) is 0 Å². The third-order valence-corrected chi connectivity index (χ3v) is 8.86. The molecular formula is C20H31NO3. The normalized spacial score (nSPS) is 50.9. The molecule has 0 radical (unpaired) electrons. The molecule has 0 spiro atoms. The van der Waals surface area contributed by atoms with Crippen LogP contribution in [0.25, 0.3) is 0 Å². The summed E-state index contributed by atoms with van der Waals surface area (Å²) in [6.07, 6.45) is 8.13. The van der Waals surface area contributed by atoms with E-state index < -0.39 is 5.97 Å². The van der Waals surface area contributed by atoms with Gasteiger partial charge in [-0.2, -0.15) is 0 Å². The number of piperidine rings is 1. The smallest absolute Gasteiger partial charge is 0.307 e. The molecule has 4 fully saturated rings. The molecule has 1 heterocycles. The highest BCUT2D eigenvalue weighted by Crippen LogP contribution is 2.66. The molecule has 0 bridgehead atoms. The van der Waals surface area contributed by atoms with E-state index in [0.29, 0.717) is 36.1 Å². The molecule has 3 aliphatic carbocycles. The number of rotatable bonds is 1. The summed E-state index contributed by atoms with van der Waals surface area (Å²) in [5.41, 5.74) is 0.223. The highest BCUT2D eigenvalue weighted by atomic mass is 16.4. The Morgan fingerprint density at radius 2 is 1.75 bits per heavy atom. The van der Waals surface area contributed by atoms with E-state index in [-0.39, 0.29) is 16.7 Å². The lowest BCUT2D eigenvalue weighted by atomic mass is 9.47. The average molecular weight is 333 g/mol. The Morgan fingerprint density at radius 1 is 1.04 bits per heavy atom. The van der Waals surface area contributed by atoms with Gasteiger partial charge in [0.2, 0.25) is 5.91 Å². The minimum absolute atomic E-state index is 0.00736. The van der Waals surface area contributed by atoms with Gasteiger partial charge in [-0.3, -0.25) is 9.59 Å². The van der Waals surface area contributed by atoms with Gasteiger partial charge in [0, 0.05) is 19.5 Å². The van der Waals surface area contributed by atoms with Crippen molar-refractivity contribution in [1.82, 2.24) is 4.90 Å². The Hall–Kier alpha value is -1.06. The van der Waals surface area contributed by atoms with Crippen LogP contribution in [0, 0.1) is 34.5 Å². The number of carboxylic acid groups (broad SMARTS) is 1. The third-order valence-electron chi connectivity index (χ3n) is 8.86. The van der Waals surface area contributed by atoms with Gasteiger partial charge in [-0.1, -0.05) is 13.8 Å². The summed E-state index contributed by atoms with van der Waals surface area (Å²) in [4.78, 5) is 25.9. The van der Waals surface area contributed by atoms with E-state index >= 15 is 0 Å². The maximum absolute atomic E-state index is 12.2. The van der Waals surface area contributed by atoms with Crippen LogP contribution < -0.4 is 0 Å². The van der Waals surface area contributed by atoms with Crippen LogP contribution in [0.1, 0.15) is 65.2 Å². The van der Waals surface area contributed by atoms with Gasteiger partial charge in [0.25, 0.3) is 0 Å². The zero-order valence-corrected chi connectivity index (χ0v) is 15.3. The average Bonchev–Trinajstić information content (AvgIpc) is 2.89. The van der Waals surface area contributed by atoms with Crippen LogP contribution in [-0.4, -0.2) is 35.0 Å². The quantitative estimate of drug-likeness (QED) is 0.798. The first-order valence-electron chi connectivity index (χ1n) is 9.77. The van der Waals surface area contributed by atoms with Crippen molar-refractivity contribution >= 4 is 11.9 Å². The summed E-state index contributed by atoms with van der Waals surface area (Å²) in [6.45, 7) is 4.67. The molecular weight excluding hydrogens is 302 g/mol. The van der Waals surface area contributed by atoms with Crippen LogP contribution >= 0.6 is 0 Å². The first-order chi connectivity index (χ1) is 11.3. The van der Waals surface area contributed by atoms with Crippen LogP contribution in [0.4, 0.5) is 0 Å². The monoisotopic (exact) mass is 333 g/mol. The minimum atomic E-state index is -0.582. The third kappa shape index (κ3) is 1.97. The van der Waals surface area contributed by atoms with Crippen LogP contribution in [-0.2, 0) is 9.59 Å². The molecule has 1 amide bonds. The molecule has 1 aliphatic heterocycles. The number of carboxylic acids is 1. The second-order valence-electron chi connectivity index (χ2n) is 9.49. The zero-order valence-electron chi connectivity index (χ0n) is 15.3. The van der Waals surface area contributed by atoms with Crippen molar-refractivity contribution in [1.29, 1.82) is 0 Å². The molecule has 4 nitrogen and oxygen atoms in total. The fourth-order valence-corrected chi connectivity index (χ4v) is 7.56. The lowest BCUT2D eigenvalue weighted by molar-refractivity contribution is -0.163. The molecule has 4 rings (SSSR count). The Bertz CT molecular complexity index is 575. The number of carbonyl (C=O) groups is 2. The van der Waals surface area contributed by atoms with E-state index in [2.05, 4.69) is 13.8 Å². The van der Waals surface area contributed by atoms with E-state index in [4.69, 9.17) is 0 Å². The maximum Gasteiger partial charge on any atom is 0.307 e. The summed E-state index contributed by atoms with van der Waals surface area (Å²) in [5.74, 6) is 1.47. The van der Waals surface area contributed by atoms with Gasteiger partial charge in [0.05, 0.1) is 5.92 Å². The van der Waals surface area contributed by atoms with Gasteiger partial charge in [0.1, 0.15) is 0 Å². The Kier molecular flexibility index (Phi) is 3.57. The summed E-state index contributed by atoms with van der Waals surface area (Å²) >= 11 is 0. The summed E-state index contributed by atoms with van der Waals surface area (Å²) in [7, 11) is 1.99. The van der Waals surface area contributed by atoms with Crippen molar-refractivity contribution in [2.45, 2.75) is 71.3 Å². The molecule has 0 aromatic carbocycles. The number of amides is 1. The van der Waals surface area contributed by atoms with Crippen molar-refractivity contribution < 1.29 is 14.7 Å². The fraction of sp³-hybridized carbons (Fsp3) is 0.900. The topological polar surface area (TPSA) is 57.6 Å². The van der Waals surface area contributed by atoms with Crippen molar-refractivity contribution in [2.75, 3.05) is 7.05 Å². The molecule has 1 unspecified atom stereocenters. The van der Waals surface area contributed by atoms with Crippen LogP contribution in [0.3, 0.4) is 0 Å². The van der Waals surface area contributed by atoms with E-state index in [1.807, 2.05) is 11.9 Å². The standard InChI is InChI=1S/C20H31NO3/c1-19-10-8-14-12(13(19)5-6-15(19)18(23)24)4-7-16-20(14,2)11-9-17(22)21(16)3/h12-16H,4-11H2,1-3H3,(H,23,24)/t12-,13-,14-,15?,16+,19-,20+/m0/s1. The molecule has 0 aromatic rings. The van der Waals surface area contributed by atoms with Crippen LogP contribution in [0.2, 0.25) is 0 Å². The minimum Gasteiger partial charge on any atom is -0.481 e. The highest BCUT2D eigenvalue weighted by Gasteiger charge is 2.62. The van der Waals surface area contributed by atoms with Crippen LogP contribution in [0.5, 0.6) is 0 Å². The highest BCUT2D eigenvalue weighted by molar-refractivity contribution is 5.77. The lowest BCUT2D eigenvalue weighted by Crippen LogP contribution is -2.61. The van der Waals surface area contributed by atoms with Gasteiger partial charge in [0.15, 0.2) is 0 Å². The first-order valence-corrected chi connectivity index (χ1v) is 9.77. The Labute approximate surface area is 145 Å². The van der Waals surface area contributed by atoms with E-state index in [0.717, 1.165) is 38.5 Å². The number of hydrogen-bond donors (Lipinski definition) is 1. The molecule has 7 atom stereocenters. The van der Waals surface area contributed by atoms with Crippen molar-refractivity contribution in [3.63, 3.8) is 0 Å². The molecule has 0 aromatic heterocycles. The predicted molar refractivity (Wildman–Crippen MR) is 91.3 cm³/mol. The molecule has 134 valence electrons. The van der Waals surface area contributed by atoms with Gasteiger partial charge >= 0.3 is 5.97 Å². The number of fused-ring (bicyclic) bond motifs is 5. The number of nitrogens with zero attached hydrogens (tertiary/aromatic N) is 1. The Morgan fingerprint density at radius 3 is 2.46 bits per heavy atom. The zero-order chi connectivity index (χ0) is 17.3. The van der Waals surface area contributed by atoms with Crippen molar-refractivity contribution in [3.05, 3.63) is 0 Å². The van der Waals surface area contributed by atoms with E-state index in [1.54, 1.807) is 0 Å². The maximum atomic E-state index is 12.2. The van der Waals surface area contributed by atoms with Crippen molar-refractivity contribution in [2.24, 2.45) is 34.5 Å². The van der Waals surface area contributed by atoms with Gasteiger partial charge in [-0.05, 0) is 73.5 Å². The number of likely N-dealkylation sites (tertiary alicyclic amines) is 1. The molecule has 4 aliphatic rings. The van der Waals surface area contributed by atoms with Crippen LogP contribution in [0.15, 0.2) is 0 Å². The number of hydrogen-bond acceptors (Lipinski definition) is 2. The molecule has 1 saturated heterocycles. The fourth-order valence-electron chi connectivity index (χ4n) is 7.56. The second-order valence-corrected chi connectivity index (χ2v) is 9.49. The summed E-state index contributed by atoms with van der Waals surface area (Å²) in [5, 5.41) is 9.67. The first kappa shape index (κ1) is 16.4.